The van der Waals surface area contributed by atoms with E-state index in [2.05, 4.69) is 15.4 Å². The second-order valence-corrected chi connectivity index (χ2v) is 8.61. The van der Waals surface area contributed by atoms with Gasteiger partial charge in [-0.15, -0.1) is 0 Å². The molecule has 1 amide bonds. The van der Waals surface area contributed by atoms with Crippen molar-refractivity contribution in [2.24, 2.45) is 0 Å². The molecule has 2 aromatic carbocycles. The van der Waals surface area contributed by atoms with E-state index in [4.69, 9.17) is 0 Å². The maximum atomic E-state index is 12.6. The molecule has 1 heterocycles. The Kier molecular flexibility index (Phi) is 6.63. The first-order chi connectivity index (χ1) is 14.3. The maximum absolute atomic E-state index is 12.6. The third-order valence-corrected chi connectivity index (χ3v) is 6.65. The van der Waals surface area contributed by atoms with Gasteiger partial charge in [-0.05, 0) is 31.2 Å². The van der Waals surface area contributed by atoms with Crippen molar-refractivity contribution in [2.75, 3.05) is 18.4 Å². The van der Waals surface area contributed by atoms with Crippen LogP contribution in [0.2, 0.25) is 0 Å². The number of hydrogen-bond acceptors (Lipinski definition) is 5. The van der Waals surface area contributed by atoms with E-state index in [1.165, 1.54) is 16.4 Å². The van der Waals surface area contributed by atoms with E-state index in [0.29, 0.717) is 30.4 Å². The number of sulfonamides is 1. The zero-order valence-corrected chi connectivity index (χ0v) is 18.1. The van der Waals surface area contributed by atoms with Crippen LogP contribution in [-0.2, 0) is 21.4 Å². The van der Waals surface area contributed by atoms with Crippen LogP contribution in [-0.4, -0.2) is 46.5 Å². The number of anilines is 1. The molecule has 0 aliphatic carbocycles. The highest BCUT2D eigenvalue weighted by Crippen LogP contribution is 2.19. The molecule has 0 fully saturated rings. The summed E-state index contributed by atoms with van der Waals surface area (Å²) >= 11 is 0. The van der Waals surface area contributed by atoms with Crippen molar-refractivity contribution in [2.45, 2.75) is 32.2 Å². The minimum absolute atomic E-state index is 0.00936. The van der Waals surface area contributed by atoms with Gasteiger partial charge in [-0.1, -0.05) is 44.2 Å². The van der Waals surface area contributed by atoms with E-state index < -0.39 is 10.0 Å². The summed E-state index contributed by atoms with van der Waals surface area (Å²) in [4.78, 5) is 17.1. The lowest BCUT2D eigenvalue weighted by Crippen LogP contribution is -2.30. The number of amides is 1. The van der Waals surface area contributed by atoms with Crippen molar-refractivity contribution in [1.29, 1.82) is 0 Å². The summed E-state index contributed by atoms with van der Waals surface area (Å²) in [5.74, 6) is 0.910. The number of carbonyl (C=O) groups excluding carboxylic acids is 1. The Labute approximate surface area is 176 Å². The maximum Gasteiger partial charge on any atom is 0.246 e. The highest BCUT2D eigenvalue weighted by Gasteiger charge is 2.21. The van der Waals surface area contributed by atoms with Crippen molar-refractivity contribution >= 4 is 21.6 Å². The molecular formula is C21H25N5O3S. The highest BCUT2D eigenvalue weighted by atomic mass is 32.2. The van der Waals surface area contributed by atoms with Gasteiger partial charge < -0.3 is 5.32 Å². The van der Waals surface area contributed by atoms with Crippen LogP contribution in [0.3, 0.4) is 0 Å². The minimum Gasteiger partial charge on any atom is -0.324 e. The first-order valence-electron chi connectivity index (χ1n) is 9.72. The number of hydrogen-bond donors (Lipinski definition) is 1. The van der Waals surface area contributed by atoms with Gasteiger partial charge in [-0.25, -0.2) is 18.1 Å². The third-order valence-electron chi connectivity index (χ3n) is 4.58. The normalized spacial score (nSPS) is 11.6. The Morgan fingerprint density at radius 2 is 1.67 bits per heavy atom. The fourth-order valence-electron chi connectivity index (χ4n) is 3.13. The Hall–Kier alpha value is -3.04. The predicted octanol–water partition coefficient (Wildman–Crippen LogP) is 2.92. The molecule has 1 N–H and O–H groups in total. The molecule has 0 unspecified atom stereocenters. The molecule has 3 rings (SSSR count). The summed E-state index contributed by atoms with van der Waals surface area (Å²) in [6, 6.07) is 15.7. The second-order valence-electron chi connectivity index (χ2n) is 6.67. The van der Waals surface area contributed by atoms with Gasteiger partial charge >= 0.3 is 0 Å². The van der Waals surface area contributed by atoms with Crippen LogP contribution in [0.25, 0.3) is 11.4 Å². The Morgan fingerprint density at radius 3 is 2.27 bits per heavy atom. The van der Waals surface area contributed by atoms with E-state index in [-0.39, 0.29) is 17.3 Å². The monoisotopic (exact) mass is 427 g/mol. The summed E-state index contributed by atoms with van der Waals surface area (Å²) in [6.45, 7) is 6.16. The lowest BCUT2D eigenvalue weighted by molar-refractivity contribution is -0.116. The average molecular weight is 428 g/mol. The molecule has 8 nitrogen and oxygen atoms in total. The van der Waals surface area contributed by atoms with Crippen LogP contribution in [0.15, 0.2) is 59.5 Å². The average Bonchev–Trinajstić information content (AvgIpc) is 3.09. The summed E-state index contributed by atoms with van der Waals surface area (Å²) in [5.41, 5.74) is 1.38. The second kappa shape index (κ2) is 9.19. The molecule has 158 valence electrons. The van der Waals surface area contributed by atoms with Crippen LogP contribution in [0.1, 0.15) is 19.7 Å². The largest absolute Gasteiger partial charge is 0.324 e. The van der Waals surface area contributed by atoms with E-state index in [1.807, 2.05) is 30.3 Å². The summed E-state index contributed by atoms with van der Waals surface area (Å²) < 4.78 is 28.1. The molecular weight excluding hydrogens is 402 g/mol. The molecule has 30 heavy (non-hydrogen) atoms. The molecule has 0 saturated heterocycles. The number of carbonyl (C=O) groups is 1. The quantitative estimate of drug-likeness (QED) is 0.596. The van der Waals surface area contributed by atoms with E-state index in [9.17, 15) is 13.2 Å². The van der Waals surface area contributed by atoms with Gasteiger partial charge in [0, 0.05) is 24.3 Å². The third kappa shape index (κ3) is 4.74. The Bertz CT molecular complexity index is 1110. The van der Waals surface area contributed by atoms with Gasteiger partial charge in [0.2, 0.25) is 15.9 Å². The summed E-state index contributed by atoms with van der Waals surface area (Å²) in [6.07, 6.45) is 0. The Balaban J connectivity index is 1.72. The topological polar surface area (TPSA) is 97.2 Å². The fourth-order valence-corrected chi connectivity index (χ4v) is 4.58. The fraction of sp³-hybridized carbons (Fsp3) is 0.286. The number of nitrogens with zero attached hydrogens (tertiary/aromatic N) is 4. The van der Waals surface area contributed by atoms with Gasteiger partial charge in [0.15, 0.2) is 5.82 Å². The standard InChI is InChI=1S/C21H25N5O3S/c1-4-25(5-2)30(28,29)19-13-11-18(12-14-19)23-20(27)15-26-21(22-16(3)24-26)17-9-7-6-8-10-17/h6-14H,4-5,15H2,1-3H3,(H,23,27). The van der Waals surface area contributed by atoms with E-state index in [0.717, 1.165) is 5.56 Å². The van der Waals surface area contributed by atoms with E-state index in [1.54, 1.807) is 37.6 Å². The number of aromatic nitrogens is 3. The molecule has 1 aromatic heterocycles. The zero-order chi connectivity index (χ0) is 21.7. The van der Waals surface area contributed by atoms with Gasteiger partial charge in [0.05, 0.1) is 4.90 Å². The summed E-state index contributed by atoms with van der Waals surface area (Å²) in [7, 11) is -3.53. The van der Waals surface area contributed by atoms with Gasteiger partial charge in [0.1, 0.15) is 12.4 Å². The molecule has 0 bridgehead atoms. The Morgan fingerprint density at radius 1 is 1.03 bits per heavy atom. The number of rotatable bonds is 8. The van der Waals surface area contributed by atoms with Crippen molar-refractivity contribution in [3.05, 3.63) is 60.4 Å². The number of aryl methyl sites for hydroxylation is 1. The lowest BCUT2D eigenvalue weighted by Gasteiger charge is -2.18. The van der Waals surface area contributed by atoms with Crippen molar-refractivity contribution < 1.29 is 13.2 Å². The van der Waals surface area contributed by atoms with Gasteiger partial charge in [0.25, 0.3) is 0 Å². The number of nitrogens with one attached hydrogen (secondary N) is 1. The van der Waals surface area contributed by atoms with Crippen LogP contribution in [0, 0.1) is 6.92 Å². The first-order valence-corrected chi connectivity index (χ1v) is 11.2. The van der Waals surface area contributed by atoms with Crippen LogP contribution in [0.4, 0.5) is 5.69 Å². The molecule has 9 heteroatoms. The SMILES string of the molecule is CCN(CC)S(=O)(=O)c1ccc(NC(=O)Cn2nc(C)nc2-c2ccccc2)cc1. The van der Waals surface area contributed by atoms with Gasteiger partial charge in [-0.2, -0.15) is 9.40 Å². The highest BCUT2D eigenvalue weighted by molar-refractivity contribution is 7.89. The lowest BCUT2D eigenvalue weighted by atomic mass is 10.2. The predicted molar refractivity (Wildman–Crippen MR) is 115 cm³/mol. The van der Waals surface area contributed by atoms with Crippen molar-refractivity contribution in [3.8, 4) is 11.4 Å². The molecule has 0 saturated carbocycles. The minimum atomic E-state index is -3.53. The van der Waals surface area contributed by atoms with Crippen molar-refractivity contribution in [1.82, 2.24) is 19.1 Å². The van der Waals surface area contributed by atoms with Crippen molar-refractivity contribution in [3.63, 3.8) is 0 Å². The summed E-state index contributed by atoms with van der Waals surface area (Å²) in [5, 5.41) is 7.09. The smallest absolute Gasteiger partial charge is 0.246 e. The molecule has 0 radical (unpaired) electrons. The molecule has 0 aliphatic rings. The van der Waals surface area contributed by atoms with Gasteiger partial charge in [-0.3, -0.25) is 4.79 Å². The van der Waals surface area contributed by atoms with Crippen LogP contribution < -0.4 is 5.32 Å². The molecule has 3 aromatic rings. The van der Waals surface area contributed by atoms with Crippen LogP contribution in [0.5, 0.6) is 0 Å². The number of benzene rings is 2. The first kappa shape index (κ1) is 21.7. The molecule has 0 spiro atoms. The molecule has 0 aliphatic heterocycles. The van der Waals surface area contributed by atoms with Crippen LogP contribution >= 0.6 is 0 Å². The van der Waals surface area contributed by atoms with E-state index >= 15 is 0 Å². The molecule has 0 atom stereocenters. The zero-order valence-electron chi connectivity index (χ0n) is 17.2.